The molecule has 0 bridgehead atoms. The van der Waals surface area contributed by atoms with Gasteiger partial charge in [0, 0.05) is 5.69 Å². The quantitative estimate of drug-likeness (QED) is 0.800. The molecular weight excluding hydrogens is 336 g/mol. The molecule has 2 aromatic rings. The van der Waals surface area contributed by atoms with Gasteiger partial charge < -0.3 is 14.6 Å². The number of allylic oxidation sites excluding steroid dienone is 2. The van der Waals surface area contributed by atoms with Crippen LogP contribution in [0.1, 0.15) is 20.8 Å². The highest BCUT2D eigenvalue weighted by atomic mass is 16.6. The van der Waals surface area contributed by atoms with E-state index in [0.717, 1.165) is 0 Å². The van der Waals surface area contributed by atoms with E-state index in [2.05, 4.69) is 15.8 Å². The first-order chi connectivity index (χ1) is 12.3. The number of benzene rings is 1. The average molecular weight is 350 g/mol. The van der Waals surface area contributed by atoms with E-state index >= 15 is 0 Å². The van der Waals surface area contributed by atoms with E-state index in [1.54, 1.807) is 57.2 Å². The Balaban J connectivity index is 2.33. The van der Waals surface area contributed by atoms with E-state index in [1.807, 2.05) is 0 Å². The van der Waals surface area contributed by atoms with E-state index in [-0.39, 0.29) is 17.1 Å². The van der Waals surface area contributed by atoms with E-state index in [1.165, 1.54) is 0 Å². The number of ether oxygens (including phenoxy) is 1. The number of nitriles is 3. The third-order valence-corrected chi connectivity index (χ3v) is 2.94. The van der Waals surface area contributed by atoms with Crippen LogP contribution in [0.5, 0.6) is 0 Å². The van der Waals surface area contributed by atoms with Gasteiger partial charge in [-0.2, -0.15) is 15.8 Å². The van der Waals surface area contributed by atoms with Gasteiger partial charge in [0.25, 0.3) is 0 Å². The summed E-state index contributed by atoms with van der Waals surface area (Å²) in [5.74, 6) is 0.140. The van der Waals surface area contributed by atoms with Gasteiger partial charge in [-0.3, -0.25) is 5.32 Å². The van der Waals surface area contributed by atoms with Gasteiger partial charge in [0.15, 0.2) is 17.0 Å². The van der Waals surface area contributed by atoms with E-state index < -0.39 is 11.7 Å². The number of carbonyl (C=O) groups excluding carboxylic acids is 1. The van der Waals surface area contributed by atoms with Crippen molar-refractivity contribution in [2.24, 2.45) is 0 Å². The number of amides is 1. The molecule has 0 unspecified atom stereocenters. The second-order valence-corrected chi connectivity index (χ2v) is 6.08. The molecule has 0 aliphatic heterocycles. The van der Waals surface area contributed by atoms with Crippen LogP contribution in [0.15, 0.2) is 34.0 Å². The zero-order valence-electron chi connectivity index (χ0n) is 14.2. The monoisotopic (exact) mass is 350 g/mol. The minimum absolute atomic E-state index is 0.140. The van der Waals surface area contributed by atoms with E-state index in [4.69, 9.17) is 25.0 Å². The number of carbonyl (C=O) groups is 1. The first kappa shape index (κ1) is 18.3. The summed E-state index contributed by atoms with van der Waals surface area (Å²) in [6.45, 7) is 5.19. The number of aromatic nitrogens is 1. The van der Waals surface area contributed by atoms with Crippen molar-refractivity contribution in [1.29, 1.82) is 15.8 Å². The molecule has 1 aromatic carbocycles. The molecule has 2 rings (SSSR count). The molecule has 0 spiro atoms. The molecular formula is C17H14N6O3. The second kappa shape index (κ2) is 7.25. The summed E-state index contributed by atoms with van der Waals surface area (Å²) < 4.78 is 10.3. The van der Waals surface area contributed by atoms with Crippen molar-refractivity contribution in [3.63, 3.8) is 0 Å². The highest BCUT2D eigenvalue weighted by molar-refractivity contribution is 5.97. The number of rotatable bonds is 3. The number of hydrogen-bond donors (Lipinski definition) is 2. The Morgan fingerprint density at radius 1 is 1.15 bits per heavy atom. The summed E-state index contributed by atoms with van der Waals surface area (Å²) in [7, 11) is 0. The average Bonchev–Trinajstić information content (AvgIpc) is 2.95. The molecule has 9 nitrogen and oxygen atoms in total. The van der Waals surface area contributed by atoms with Crippen molar-refractivity contribution >= 4 is 28.6 Å². The lowest BCUT2D eigenvalue weighted by molar-refractivity contribution is 0.0635. The van der Waals surface area contributed by atoms with Crippen LogP contribution >= 0.6 is 0 Å². The van der Waals surface area contributed by atoms with Gasteiger partial charge in [0.2, 0.25) is 0 Å². The number of nitrogens with zero attached hydrogens (tertiary/aromatic N) is 4. The SMILES string of the molecule is CC(C)(C)OC(=O)Nc1noc2ccc(NC(C#N)=C(C#N)C#N)cc12. The lowest BCUT2D eigenvalue weighted by Crippen LogP contribution is -2.27. The summed E-state index contributed by atoms with van der Waals surface area (Å²) in [4.78, 5) is 11.9. The standard InChI is InChI=1S/C17H14N6O3/c1-17(2,3)25-16(24)22-15-12-6-11(4-5-14(12)26-23-15)21-13(9-20)10(7-18)8-19/h4-6,21H,1-3H3,(H,22,23,24). The summed E-state index contributed by atoms with van der Waals surface area (Å²) in [5, 5.41) is 36.2. The lowest BCUT2D eigenvalue weighted by atomic mass is 10.2. The summed E-state index contributed by atoms with van der Waals surface area (Å²) >= 11 is 0. The third-order valence-electron chi connectivity index (χ3n) is 2.94. The van der Waals surface area contributed by atoms with Crippen LogP contribution in [0.3, 0.4) is 0 Å². The first-order valence-corrected chi connectivity index (χ1v) is 7.38. The van der Waals surface area contributed by atoms with Gasteiger partial charge in [0.1, 0.15) is 29.5 Å². The molecule has 1 aromatic heterocycles. The highest BCUT2D eigenvalue weighted by Crippen LogP contribution is 2.27. The van der Waals surface area contributed by atoms with Crippen molar-refractivity contribution < 1.29 is 14.1 Å². The molecule has 0 aliphatic carbocycles. The maximum atomic E-state index is 11.9. The van der Waals surface area contributed by atoms with Crippen LogP contribution in [0.25, 0.3) is 11.0 Å². The van der Waals surface area contributed by atoms with Crippen LogP contribution in [0.2, 0.25) is 0 Å². The maximum Gasteiger partial charge on any atom is 0.413 e. The van der Waals surface area contributed by atoms with Gasteiger partial charge >= 0.3 is 6.09 Å². The number of hydrogen-bond acceptors (Lipinski definition) is 8. The fourth-order valence-electron chi connectivity index (χ4n) is 1.93. The molecule has 9 heteroatoms. The van der Waals surface area contributed by atoms with E-state index in [0.29, 0.717) is 16.7 Å². The zero-order valence-corrected chi connectivity index (χ0v) is 14.2. The fraction of sp³-hybridized carbons (Fsp3) is 0.235. The number of fused-ring (bicyclic) bond motifs is 1. The molecule has 0 saturated heterocycles. The summed E-state index contributed by atoms with van der Waals surface area (Å²) in [6, 6.07) is 9.75. The molecule has 0 radical (unpaired) electrons. The van der Waals surface area contributed by atoms with Crippen molar-refractivity contribution in [2.45, 2.75) is 26.4 Å². The van der Waals surface area contributed by atoms with Gasteiger partial charge in [-0.05, 0) is 39.0 Å². The van der Waals surface area contributed by atoms with Crippen LogP contribution in [0, 0.1) is 34.0 Å². The van der Waals surface area contributed by atoms with E-state index in [9.17, 15) is 4.79 Å². The highest BCUT2D eigenvalue weighted by Gasteiger charge is 2.19. The van der Waals surface area contributed by atoms with Crippen molar-refractivity contribution in [3.05, 3.63) is 29.5 Å². The molecule has 130 valence electrons. The molecule has 26 heavy (non-hydrogen) atoms. The zero-order chi connectivity index (χ0) is 19.3. The first-order valence-electron chi connectivity index (χ1n) is 7.38. The predicted octanol–water partition coefficient (Wildman–Crippen LogP) is 3.41. The van der Waals surface area contributed by atoms with Crippen LogP contribution < -0.4 is 10.6 Å². The molecule has 0 saturated carbocycles. The fourth-order valence-corrected chi connectivity index (χ4v) is 1.93. The van der Waals surface area contributed by atoms with Crippen molar-refractivity contribution in [3.8, 4) is 18.2 Å². The number of anilines is 2. The normalized spacial score (nSPS) is 10.2. The minimum Gasteiger partial charge on any atom is -0.444 e. The second-order valence-electron chi connectivity index (χ2n) is 6.08. The Kier molecular flexibility index (Phi) is 5.10. The van der Waals surface area contributed by atoms with Crippen molar-refractivity contribution in [2.75, 3.05) is 10.6 Å². The number of nitrogens with one attached hydrogen (secondary N) is 2. The Morgan fingerprint density at radius 2 is 1.85 bits per heavy atom. The van der Waals surface area contributed by atoms with Crippen molar-refractivity contribution in [1.82, 2.24) is 5.16 Å². The molecule has 0 fully saturated rings. The molecule has 1 heterocycles. The molecule has 0 aliphatic rings. The Labute approximate surface area is 149 Å². The van der Waals surface area contributed by atoms with Gasteiger partial charge in [-0.15, -0.1) is 0 Å². The Hall–Kier alpha value is -4.03. The smallest absolute Gasteiger partial charge is 0.413 e. The van der Waals surface area contributed by atoms with Crippen LogP contribution in [-0.4, -0.2) is 16.9 Å². The van der Waals surface area contributed by atoms with Crippen LogP contribution in [-0.2, 0) is 4.74 Å². The lowest BCUT2D eigenvalue weighted by Gasteiger charge is -2.19. The van der Waals surface area contributed by atoms with Crippen LogP contribution in [0.4, 0.5) is 16.3 Å². The summed E-state index contributed by atoms with van der Waals surface area (Å²) in [5.41, 5.74) is -0.400. The summed E-state index contributed by atoms with van der Waals surface area (Å²) in [6.07, 6.45) is -0.695. The molecule has 1 amide bonds. The minimum atomic E-state index is -0.695. The van der Waals surface area contributed by atoms with Gasteiger partial charge in [-0.1, -0.05) is 5.16 Å². The maximum absolute atomic E-state index is 11.9. The van der Waals surface area contributed by atoms with Gasteiger partial charge in [0.05, 0.1) is 5.39 Å². The Bertz CT molecular complexity index is 992. The Morgan fingerprint density at radius 3 is 2.42 bits per heavy atom. The predicted molar refractivity (Wildman–Crippen MR) is 91.4 cm³/mol. The topological polar surface area (TPSA) is 148 Å². The largest absolute Gasteiger partial charge is 0.444 e. The third kappa shape index (κ3) is 4.28. The molecule has 2 N–H and O–H groups in total. The van der Waals surface area contributed by atoms with Gasteiger partial charge in [-0.25, -0.2) is 4.79 Å². The molecule has 0 atom stereocenters.